The van der Waals surface area contributed by atoms with Crippen LogP contribution in [0, 0.1) is 13.8 Å². The van der Waals surface area contributed by atoms with Gasteiger partial charge in [0.15, 0.2) is 5.82 Å². The molecule has 1 N–H and O–H groups in total. The Bertz CT molecular complexity index is 1310. The number of amides is 1. The van der Waals surface area contributed by atoms with Gasteiger partial charge >= 0.3 is 0 Å². The van der Waals surface area contributed by atoms with Gasteiger partial charge in [0.25, 0.3) is 5.91 Å². The second-order valence-corrected chi connectivity index (χ2v) is 8.26. The molecule has 174 valence electrons. The van der Waals surface area contributed by atoms with Gasteiger partial charge in [-0.25, -0.2) is 9.97 Å². The monoisotopic (exact) mass is 458 g/mol. The first kappa shape index (κ1) is 21.7. The molecule has 1 atom stereocenters. The van der Waals surface area contributed by atoms with Crippen molar-refractivity contribution in [3.8, 4) is 23.0 Å². The summed E-state index contributed by atoms with van der Waals surface area (Å²) >= 11 is 0. The lowest BCUT2D eigenvalue weighted by Gasteiger charge is -2.24. The van der Waals surface area contributed by atoms with Crippen molar-refractivity contribution >= 4 is 5.91 Å². The first-order chi connectivity index (χ1) is 16.6. The van der Waals surface area contributed by atoms with Gasteiger partial charge in [0, 0.05) is 12.7 Å². The Labute approximate surface area is 197 Å². The third kappa shape index (κ3) is 3.91. The summed E-state index contributed by atoms with van der Waals surface area (Å²) in [6.07, 6.45) is 6.56. The van der Waals surface area contributed by atoms with Crippen LogP contribution >= 0.6 is 0 Å². The van der Waals surface area contributed by atoms with Crippen molar-refractivity contribution in [1.82, 2.24) is 40.1 Å². The van der Waals surface area contributed by atoms with Crippen LogP contribution in [-0.4, -0.2) is 59.1 Å². The molecule has 1 aromatic carbocycles. The molecule has 34 heavy (non-hydrogen) atoms. The number of nitrogens with one attached hydrogen (secondary N) is 1. The maximum absolute atomic E-state index is 13.8. The number of carbonyl (C=O) groups excluding carboxylic acids is 1. The predicted molar refractivity (Wildman–Crippen MR) is 125 cm³/mol. The molecule has 0 bridgehead atoms. The Morgan fingerprint density at radius 2 is 1.97 bits per heavy atom. The van der Waals surface area contributed by atoms with Crippen LogP contribution in [-0.2, 0) is 0 Å². The summed E-state index contributed by atoms with van der Waals surface area (Å²) < 4.78 is 5.63. The SMILES string of the molecule is CCOc1ncccc1-c1n[nH]c(C2CCCN2C(=O)c2cc(C)c(C)cc2-n2nccn2)n1. The number of aryl methyl sites for hydroxylation is 2. The Kier molecular flexibility index (Phi) is 5.79. The number of carbonyl (C=O) groups is 1. The van der Waals surface area contributed by atoms with E-state index in [1.165, 1.54) is 4.80 Å². The molecule has 1 amide bonds. The highest BCUT2D eigenvalue weighted by molar-refractivity contribution is 5.98. The number of H-pyrrole nitrogens is 1. The minimum atomic E-state index is -0.207. The van der Waals surface area contributed by atoms with E-state index >= 15 is 0 Å². The lowest BCUT2D eigenvalue weighted by molar-refractivity contribution is 0.0729. The fraction of sp³-hybridized carbons (Fsp3) is 0.333. The van der Waals surface area contributed by atoms with Crippen molar-refractivity contribution < 1.29 is 9.53 Å². The Morgan fingerprint density at radius 3 is 2.76 bits per heavy atom. The van der Waals surface area contributed by atoms with Gasteiger partial charge in [-0.2, -0.15) is 20.1 Å². The van der Waals surface area contributed by atoms with Gasteiger partial charge in [0.2, 0.25) is 5.88 Å². The molecule has 0 spiro atoms. The number of rotatable bonds is 6. The molecule has 3 aromatic heterocycles. The summed E-state index contributed by atoms with van der Waals surface area (Å²) in [5.41, 5.74) is 4.06. The van der Waals surface area contributed by atoms with Crippen molar-refractivity contribution in [1.29, 1.82) is 0 Å². The summed E-state index contributed by atoms with van der Waals surface area (Å²) in [7, 11) is 0. The van der Waals surface area contributed by atoms with Crippen LogP contribution in [0.25, 0.3) is 17.1 Å². The van der Waals surface area contributed by atoms with Crippen molar-refractivity contribution in [2.45, 2.75) is 39.7 Å². The number of ether oxygens (including phenoxy) is 1. The van der Waals surface area contributed by atoms with Gasteiger partial charge in [0.1, 0.15) is 5.82 Å². The zero-order chi connectivity index (χ0) is 23.7. The number of nitrogens with zero attached hydrogens (tertiary/aromatic N) is 7. The smallest absolute Gasteiger partial charge is 0.256 e. The highest BCUT2D eigenvalue weighted by Crippen LogP contribution is 2.34. The normalized spacial score (nSPS) is 15.6. The van der Waals surface area contributed by atoms with Crippen LogP contribution < -0.4 is 4.74 Å². The van der Waals surface area contributed by atoms with Gasteiger partial charge in [-0.3, -0.25) is 9.89 Å². The van der Waals surface area contributed by atoms with E-state index in [4.69, 9.17) is 9.72 Å². The molecule has 0 saturated carbocycles. The second kappa shape index (κ2) is 9.05. The Hall–Kier alpha value is -4.08. The molecule has 4 aromatic rings. The Balaban J connectivity index is 1.48. The van der Waals surface area contributed by atoms with Crippen LogP contribution in [0.15, 0.2) is 42.9 Å². The number of aromatic nitrogens is 7. The van der Waals surface area contributed by atoms with E-state index in [1.807, 2.05) is 49.9 Å². The van der Waals surface area contributed by atoms with Crippen LogP contribution in [0.3, 0.4) is 0 Å². The first-order valence-corrected chi connectivity index (χ1v) is 11.4. The van der Waals surface area contributed by atoms with Crippen molar-refractivity contribution in [3.63, 3.8) is 0 Å². The lowest BCUT2D eigenvalue weighted by Crippen LogP contribution is -2.32. The van der Waals surface area contributed by atoms with E-state index in [0.717, 1.165) is 24.0 Å². The maximum atomic E-state index is 13.8. The molecule has 1 aliphatic heterocycles. The summed E-state index contributed by atoms with van der Waals surface area (Å²) in [6.45, 7) is 7.05. The highest BCUT2D eigenvalue weighted by atomic mass is 16.5. The number of likely N-dealkylation sites (tertiary alicyclic amines) is 1. The number of hydrogen-bond acceptors (Lipinski definition) is 7. The Morgan fingerprint density at radius 1 is 1.18 bits per heavy atom. The minimum absolute atomic E-state index is 0.0766. The summed E-state index contributed by atoms with van der Waals surface area (Å²) in [5, 5.41) is 16.0. The third-order valence-electron chi connectivity index (χ3n) is 6.10. The van der Waals surface area contributed by atoms with Gasteiger partial charge in [0.05, 0.1) is 41.9 Å². The molecule has 1 aliphatic rings. The summed E-state index contributed by atoms with van der Waals surface area (Å²) in [5.74, 6) is 1.56. The summed E-state index contributed by atoms with van der Waals surface area (Å²) in [4.78, 5) is 26.2. The second-order valence-electron chi connectivity index (χ2n) is 8.26. The molecule has 5 rings (SSSR count). The molecule has 0 aliphatic carbocycles. The molecule has 1 unspecified atom stereocenters. The standard InChI is InChI=1S/C24H26N8O2/c1-4-34-23-17(7-5-9-25-23)21-28-22(30-29-21)19-8-6-12-31(19)24(33)18-13-15(2)16(3)14-20(18)32-26-10-11-27-32/h5,7,9-11,13-14,19H,4,6,8,12H2,1-3H3,(H,28,29,30). The fourth-order valence-corrected chi connectivity index (χ4v) is 4.28. The molecular formula is C24H26N8O2. The van der Waals surface area contributed by atoms with E-state index < -0.39 is 0 Å². The maximum Gasteiger partial charge on any atom is 0.256 e. The van der Waals surface area contributed by atoms with Crippen LogP contribution in [0.5, 0.6) is 5.88 Å². The van der Waals surface area contributed by atoms with Gasteiger partial charge < -0.3 is 9.64 Å². The van der Waals surface area contributed by atoms with E-state index in [0.29, 0.717) is 47.5 Å². The topological polar surface area (TPSA) is 115 Å². The van der Waals surface area contributed by atoms with Crippen LogP contribution in [0.1, 0.15) is 53.1 Å². The summed E-state index contributed by atoms with van der Waals surface area (Å²) in [6, 6.07) is 7.37. The molecular weight excluding hydrogens is 432 g/mol. The zero-order valence-corrected chi connectivity index (χ0v) is 19.4. The number of aromatic amines is 1. The minimum Gasteiger partial charge on any atom is -0.477 e. The fourth-order valence-electron chi connectivity index (χ4n) is 4.28. The van der Waals surface area contributed by atoms with Crippen molar-refractivity contribution in [2.24, 2.45) is 0 Å². The van der Waals surface area contributed by atoms with E-state index in [-0.39, 0.29) is 11.9 Å². The van der Waals surface area contributed by atoms with Crippen LogP contribution in [0.2, 0.25) is 0 Å². The van der Waals surface area contributed by atoms with E-state index in [9.17, 15) is 4.79 Å². The van der Waals surface area contributed by atoms with Crippen molar-refractivity contribution in [2.75, 3.05) is 13.2 Å². The molecule has 0 radical (unpaired) electrons. The molecule has 10 heteroatoms. The number of pyridine rings is 1. The van der Waals surface area contributed by atoms with Crippen molar-refractivity contribution in [3.05, 3.63) is 65.4 Å². The molecule has 1 saturated heterocycles. The van der Waals surface area contributed by atoms with E-state index in [2.05, 4.69) is 25.4 Å². The largest absolute Gasteiger partial charge is 0.477 e. The number of hydrogen-bond donors (Lipinski definition) is 1. The van der Waals surface area contributed by atoms with Gasteiger partial charge in [-0.1, -0.05) is 0 Å². The van der Waals surface area contributed by atoms with E-state index in [1.54, 1.807) is 18.6 Å². The average molecular weight is 459 g/mol. The van der Waals surface area contributed by atoms with Crippen LogP contribution in [0.4, 0.5) is 0 Å². The average Bonchev–Trinajstić information content (AvgIpc) is 3.61. The molecule has 10 nitrogen and oxygen atoms in total. The quantitative estimate of drug-likeness (QED) is 0.471. The zero-order valence-electron chi connectivity index (χ0n) is 19.4. The predicted octanol–water partition coefficient (Wildman–Crippen LogP) is 3.44. The highest BCUT2D eigenvalue weighted by Gasteiger charge is 2.34. The molecule has 4 heterocycles. The lowest BCUT2D eigenvalue weighted by atomic mass is 10.0. The first-order valence-electron chi connectivity index (χ1n) is 11.4. The van der Waals surface area contributed by atoms with Gasteiger partial charge in [-0.15, -0.1) is 0 Å². The molecule has 1 fully saturated rings. The number of benzene rings is 1. The third-order valence-corrected chi connectivity index (χ3v) is 6.10. The van der Waals surface area contributed by atoms with Gasteiger partial charge in [-0.05, 0) is 69.0 Å².